The largest absolute Gasteiger partial charge is 0.411 e. The molecule has 0 amide bonds. The van der Waals surface area contributed by atoms with Crippen LogP contribution in [-0.2, 0) is 4.74 Å². The summed E-state index contributed by atoms with van der Waals surface area (Å²) in [4.78, 5) is 0. The van der Waals surface area contributed by atoms with Crippen molar-refractivity contribution in [3.8, 4) is 0 Å². The average Bonchev–Trinajstić information content (AvgIpc) is 1.73. The Morgan fingerprint density at radius 3 is 2.36 bits per heavy atom. The maximum absolute atomic E-state index is 11.5. The van der Waals surface area contributed by atoms with E-state index in [2.05, 4.69) is 10.1 Å². The molecule has 0 radical (unpaired) electrons. The van der Waals surface area contributed by atoms with E-state index in [0.29, 0.717) is 0 Å². The summed E-state index contributed by atoms with van der Waals surface area (Å²) in [5, 5.41) is 2.95. The summed E-state index contributed by atoms with van der Waals surface area (Å²) in [6, 6.07) is 0. The monoisotopic (exact) mass is 169 g/mol. The highest BCUT2D eigenvalue weighted by Crippen LogP contribution is 2.15. The van der Waals surface area contributed by atoms with E-state index < -0.39 is 12.8 Å². The number of halogens is 3. The van der Waals surface area contributed by atoms with Crippen LogP contribution in [0.4, 0.5) is 13.2 Å². The molecule has 0 bridgehead atoms. The molecule has 0 aliphatic carbocycles. The van der Waals surface area contributed by atoms with Crippen LogP contribution < -0.4 is 5.32 Å². The SMILES string of the molecule is FC(F)(F)COCC1CNC1. The van der Waals surface area contributed by atoms with E-state index in [9.17, 15) is 13.2 Å². The minimum absolute atomic E-state index is 0.215. The van der Waals surface area contributed by atoms with Gasteiger partial charge in [0.1, 0.15) is 6.61 Å². The van der Waals surface area contributed by atoms with Crippen LogP contribution in [0.1, 0.15) is 0 Å². The molecule has 1 saturated heterocycles. The van der Waals surface area contributed by atoms with Crippen molar-refractivity contribution in [1.29, 1.82) is 0 Å². The molecule has 1 rings (SSSR count). The summed E-state index contributed by atoms with van der Waals surface area (Å²) >= 11 is 0. The van der Waals surface area contributed by atoms with Crippen LogP contribution in [0.25, 0.3) is 0 Å². The molecule has 0 aromatic heterocycles. The van der Waals surface area contributed by atoms with E-state index in [0.717, 1.165) is 13.1 Å². The predicted octanol–water partition coefficient (Wildman–Crippen LogP) is 0.785. The zero-order valence-electron chi connectivity index (χ0n) is 5.95. The summed E-state index contributed by atoms with van der Waals surface area (Å²) in [5.74, 6) is 0.275. The third-order valence-electron chi connectivity index (χ3n) is 1.49. The molecule has 2 nitrogen and oxygen atoms in total. The number of alkyl halides is 3. The molecule has 1 N–H and O–H groups in total. The molecule has 1 fully saturated rings. The van der Waals surface area contributed by atoms with E-state index >= 15 is 0 Å². The lowest BCUT2D eigenvalue weighted by Gasteiger charge is -2.26. The average molecular weight is 169 g/mol. The van der Waals surface area contributed by atoms with Crippen LogP contribution in [0, 0.1) is 5.92 Å². The fraction of sp³-hybridized carbons (Fsp3) is 1.00. The van der Waals surface area contributed by atoms with Gasteiger partial charge in [0.05, 0.1) is 6.61 Å². The van der Waals surface area contributed by atoms with Crippen LogP contribution in [0.15, 0.2) is 0 Å². The predicted molar refractivity (Wildman–Crippen MR) is 33.2 cm³/mol. The Balaban J connectivity index is 1.95. The standard InChI is InChI=1S/C6H10F3NO/c7-6(8,9)4-11-3-5-1-10-2-5/h5,10H,1-4H2. The number of nitrogens with one attached hydrogen (secondary N) is 1. The second-order valence-electron chi connectivity index (χ2n) is 2.65. The van der Waals surface area contributed by atoms with Crippen molar-refractivity contribution < 1.29 is 17.9 Å². The van der Waals surface area contributed by atoms with Gasteiger partial charge < -0.3 is 10.1 Å². The fourth-order valence-electron chi connectivity index (χ4n) is 0.808. The van der Waals surface area contributed by atoms with E-state index in [1.54, 1.807) is 0 Å². The van der Waals surface area contributed by atoms with Crippen LogP contribution in [-0.4, -0.2) is 32.5 Å². The van der Waals surface area contributed by atoms with Gasteiger partial charge in [-0.25, -0.2) is 0 Å². The molecule has 1 aliphatic heterocycles. The van der Waals surface area contributed by atoms with E-state index in [-0.39, 0.29) is 12.5 Å². The van der Waals surface area contributed by atoms with Gasteiger partial charge in [-0.1, -0.05) is 0 Å². The van der Waals surface area contributed by atoms with E-state index in [1.807, 2.05) is 0 Å². The first-order chi connectivity index (χ1) is 5.08. The Morgan fingerprint density at radius 1 is 1.36 bits per heavy atom. The quantitative estimate of drug-likeness (QED) is 0.674. The van der Waals surface area contributed by atoms with Crippen molar-refractivity contribution in [2.45, 2.75) is 6.18 Å². The lowest BCUT2D eigenvalue weighted by molar-refractivity contribution is -0.177. The third-order valence-corrected chi connectivity index (χ3v) is 1.49. The van der Waals surface area contributed by atoms with Gasteiger partial charge in [0.2, 0.25) is 0 Å². The lowest BCUT2D eigenvalue weighted by atomic mass is 10.1. The zero-order chi connectivity index (χ0) is 8.32. The van der Waals surface area contributed by atoms with E-state index in [1.165, 1.54) is 0 Å². The maximum Gasteiger partial charge on any atom is 0.411 e. The highest BCUT2D eigenvalue weighted by molar-refractivity contribution is 4.73. The van der Waals surface area contributed by atoms with Crippen LogP contribution in [0.5, 0.6) is 0 Å². The minimum Gasteiger partial charge on any atom is -0.372 e. The number of hydrogen-bond donors (Lipinski definition) is 1. The lowest BCUT2D eigenvalue weighted by Crippen LogP contribution is -2.44. The van der Waals surface area contributed by atoms with Crippen LogP contribution in [0.3, 0.4) is 0 Å². The van der Waals surface area contributed by atoms with Crippen LogP contribution >= 0.6 is 0 Å². The van der Waals surface area contributed by atoms with Gasteiger partial charge in [0.25, 0.3) is 0 Å². The molecule has 0 saturated carbocycles. The second-order valence-corrected chi connectivity index (χ2v) is 2.65. The van der Waals surface area contributed by atoms with Crippen molar-refractivity contribution in [1.82, 2.24) is 5.32 Å². The Bertz CT molecular complexity index is 121. The fourth-order valence-corrected chi connectivity index (χ4v) is 0.808. The summed E-state index contributed by atoms with van der Waals surface area (Å²) in [6.45, 7) is 0.645. The number of ether oxygens (including phenoxy) is 1. The van der Waals surface area contributed by atoms with Gasteiger partial charge in [-0.15, -0.1) is 0 Å². The molecule has 11 heavy (non-hydrogen) atoms. The summed E-state index contributed by atoms with van der Waals surface area (Å²) in [6.07, 6.45) is -4.18. The second kappa shape index (κ2) is 3.40. The van der Waals surface area contributed by atoms with Crippen molar-refractivity contribution in [2.24, 2.45) is 5.92 Å². The Hall–Kier alpha value is -0.290. The number of rotatable bonds is 3. The molecule has 0 aromatic rings. The molecule has 66 valence electrons. The first-order valence-corrected chi connectivity index (χ1v) is 3.43. The van der Waals surface area contributed by atoms with Gasteiger partial charge in [0.15, 0.2) is 0 Å². The molecule has 0 unspecified atom stereocenters. The normalized spacial score (nSPS) is 19.9. The highest BCUT2D eigenvalue weighted by atomic mass is 19.4. The first kappa shape index (κ1) is 8.80. The zero-order valence-corrected chi connectivity index (χ0v) is 5.95. The minimum atomic E-state index is -4.18. The Morgan fingerprint density at radius 2 is 2.00 bits per heavy atom. The summed E-state index contributed by atoms with van der Waals surface area (Å²) < 4.78 is 38.9. The third kappa shape index (κ3) is 3.57. The molecule has 0 spiro atoms. The van der Waals surface area contributed by atoms with Crippen molar-refractivity contribution in [3.63, 3.8) is 0 Å². The van der Waals surface area contributed by atoms with Crippen molar-refractivity contribution in [3.05, 3.63) is 0 Å². The van der Waals surface area contributed by atoms with E-state index in [4.69, 9.17) is 0 Å². The molecule has 1 aliphatic rings. The van der Waals surface area contributed by atoms with Crippen LogP contribution in [0.2, 0.25) is 0 Å². The molecule has 0 atom stereocenters. The van der Waals surface area contributed by atoms with Crippen molar-refractivity contribution in [2.75, 3.05) is 26.3 Å². The summed E-state index contributed by atoms with van der Waals surface area (Å²) in [5.41, 5.74) is 0. The maximum atomic E-state index is 11.5. The topological polar surface area (TPSA) is 21.3 Å². The number of hydrogen-bond acceptors (Lipinski definition) is 2. The Kier molecular flexibility index (Phi) is 2.72. The molecular weight excluding hydrogens is 159 g/mol. The van der Waals surface area contributed by atoms with Gasteiger partial charge in [0, 0.05) is 19.0 Å². The molecule has 1 heterocycles. The molecule has 0 aromatic carbocycles. The highest BCUT2D eigenvalue weighted by Gasteiger charge is 2.28. The van der Waals surface area contributed by atoms with Gasteiger partial charge in [-0.05, 0) is 0 Å². The molecule has 5 heteroatoms. The molecular formula is C6H10F3NO. The first-order valence-electron chi connectivity index (χ1n) is 3.43. The van der Waals surface area contributed by atoms with Gasteiger partial charge >= 0.3 is 6.18 Å². The van der Waals surface area contributed by atoms with Crippen molar-refractivity contribution >= 4 is 0 Å². The Labute approximate surface area is 62.7 Å². The van der Waals surface area contributed by atoms with Gasteiger partial charge in [-0.2, -0.15) is 13.2 Å². The smallest absolute Gasteiger partial charge is 0.372 e. The van der Waals surface area contributed by atoms with Gasteiger partial charge in [-0.3, -0.25) is 0 Å². The summed E-state index contributed by atoms with van der Waals surface area (Å²) in [7, 11) is 0.